The van der Waals surface area contributed by atoms with Crippen molar-refractivity contribution in [3.8, 4) is 5.75 Å². The summed E-state index contributed by atoms with van der Waals surface area (Å²) < 4.78 is 144. The maximum absolute atomic E-state index is 14.1. The van der Waals surface area contributed by atoms with Crippen LogP contribution in [0.5, 0.6) is 5.75 Å². The number of aliphatic imine (C=N–C) groups is 1. The lowest BCUT2D eigenvalue weighted by Crippen LogP contribution is -2.50. The summed E-state index contributed by atoms with van der Waals surface area (Å²) in [5.41, 5.74) is 0.353. The highest BCUT2D eigenvalue weighted by molar-refractivity contribution is 6.30. The maximum atomic E-state index is 14.1. The second-order valence-electron chi connectivity index (χ2n) is 30.1. The average Bonchev–Trinajstić information content (AvgIpc) is 0.969. The molecule has 706 valence electrons. The van der Waals surface area contributed by atoms with Crippen LogP contribution in [0.2, 0.25) is 0 Å². The van der Waals surface area contributed by atoms with Crippen LogP contribution in [0.25, 0.3) is 0 Å². The van der Waals surface area contributed by atoms with E-state index in [9.17, 15) is 91.9 Å². The van der Waals surface area contributed by atoms with Crippen molar-refractivity contribution in [3.05, 3.63) is 52.9 Å². The Hall–Kier alpha value is -7.20. The minimum absolute atomic E-state index is 0.0235. The first kappa shape index (κ1) is 106. The molecule has 1 aromatic carbocycles. The molecule has 3 aromatic rings. The van der Waals surface area contributed by atoms with E-state index in [0.29, 0.717) is 94.8 Å². The molecule has 45 heteroatoms. The smallest absolute Gasteiger partial charge is 0.311 e. The van der Waals surface area contributed by atoms with Crippen LogP contribution in [-0.4, -0.2) is 361 Å². The van der Waals surface area contributed by atoms with Crippen molar-refractivity contribution < 1.29 is 153 Å². The zero-order chi connectivity index (χ0) is 89.7. The lowest BCUT2D eigenvalue weighted by Gasteiger charge is -2.36. The lowest BCUT2D eigenvalue weighted by molar-refractivity contribution is -0.179. The van der Waals surface area contributed by atoms with Gasteiger partial charge in [0.25, 0.3) is 0 Å². The zero-order valence-electron chi connectivity index (χ0n) is 70.2. The number of amides is 4. The van der Waals surface area contributed by atoms with Crippen LogP contribution in [0, 0.1) is 29.1 Å². The molecule has 0 aliphatic carbocycles. The van der Waals surface area contributed by atoms with Crippen molar-refractivity contribution in [3.63, 3.8) is 0 Å². The number of nitrogens with one attached hydrogen (secondary N) is 4. The first-order valence-electron chi connectivity index (χ1n) is 42.4. The third-order valence-electron chi connectivity index (χ3n) is 20.4. The third kappa shape index (κ3) is 41.3. The fourth-order valence-electron chi connectivity index (χ4n) is 13.6. The molecule has 2 aromatic heterocycles. The van der Waals surface area contributed by atoms with Gasteiger partial charge in [-0.2, -0.15) is 13.9 Å². The van der Waals surface area contributed by atoms with E-state index in [0.717, 1.165) is 6.42 Å². The second-order valence-corrected chi connectivity index (χ2v) is 30.1. The van der Waals surface area contributed by atoms with Crippen LogP contribution in [0.1, 0.15) is 140 Å². The molecule has 40 nitrogen and oxygen atoms in total. The number of hydrazone groups is 1. The minimum atomic E-state index is -2.38. The zero-order valence-corrected chi connectivity index (χ0v) is 70.2. The number of carbonyl (C=O) groups excluding carboxylic acids is 5. The summed E-state index contributed by atoms with van der Waals surface area (Å²) >= 11 is 0. The fourth-order valence-corrected chi connectivity index (χ4v) is 13.6. The number of aliphatic hydroxyl groups excluding tert-OH is 9. The Labute approximate surface area is 716 Å². The highest BCUT2D eigenvalue weighted by Crippen LogP contribution is 2.32. The van der Waals surface area contributed by atoms with Crippen LogP contribution in [0.4, 0.5) is 22.0 Å². The van der Waals surface area contributed by atoms with E-state index >= 15 is 0 Å². The Balaban J connectivity index is 0.936. The van der Waals surface area contributed by atoms with Crippen LogP contribution in [0.3, 0.4) is 0 Å². The van der Waals surface area contributed by atoms with Crippen LogP contribution in [-0.2, 0) is 107 Å². The number of ether oxygens (including phenoxy) is 13. The molecule has 124 heavy (non-hydrogen) atoms. The number of rotatable bonds is 68. The summed E-state index contributed by atoms with van der Waals surface area (Å²) in [6, 6.07) is 0. The van der Waals surface area contributed by atoms with Crippen molar-refractivity contribution in [2.24, 2.45) is 15.9 Å². The molecule has 3 aliphatic rings. The number of aliphatic hydroxyl groups is 9. The predicted molar refractivity (Wildman–Crippen MR) is 427 cm³/mol. The first-order chi connectivity index (χ1) is 59.9. The van der Waals surface area contributed by atoms with E-state index in [1.807, 2.05) is 0 Å². The van der Waals surface area contributed by atoms with Crippen LogP contribution < -0.4 is 31.8 Å². The second kappa shape index (κ2) is 61.3. The summed E-state index contributed by atoms with van der Waals surface area (Å²) in [4.78, 5) is 71.5. The number of nitrogens with two attached hydrogens (primary N) is 1. The molecule has 0 saturated carbocycles. The number of hydrogen-bond donors (Lipinski definition) is 14. The van der Waals surface area contributed by atoms with Crippen LogP contribution >= 0.6 is 0 Å². The van der Waals surface area contributed by atoms with Gasteiger partial charge in [0.15, 0.2) is 0 Å². The number of unbranched alkanes of at least 4 members (excludes halogenated alkanes) is 7. The molecule has 15 N–H and O–H groups in total. The van der Waals surface area contributed by atoms with E-state index in [1.54, 1.807) is 21.8 Å². The van der Waals surface area contributed by atoms with E-state index in [2.05, 4.69) is 56.7 Å². The Morgan fingerprint density at radius 2 is 0.806 bits per heavy atom. The van der Waals surface area contributed by atoms with Crippen molar-refractivity contribution in [2.45, 2.75) is 233 Å². The molecular formula is C79H128F5N13O27. The summed E-state index contributed by atoms with van der Waals surface area (Å²) in [5, 5.41) is 121. The molecule has 5 heterocycles. The molecule has 0 radical (unpaired) electrons. The van der Waals surface area contributed by atoms with E-state index in [-0.39, 0.29) is 233 Å². The van der Waals surface area contributed by atoms with Gasteiger partial charge in [-0.15, -0.1) is 10.2 Å². The van der Waals surface area contributed by atoms with Gasteiger partial charge in [0.1, 0.15) is 36.6 Å². The standard InChI is InChI=1S/C79H128F5N13O27/c80-70-71(81)73(83)78(74(84)72(70)82)124-69(108)10-8-6-4-2-1-3-5-7-9-68(107)90-79(14-11-65(104)87-18-24-113-30-36-118-35-29-112-23-17-86-47-53(91-85)41-56-44-59(101)75(109)62(50-98)121-56,15-12-66(105)88-19-25-114-31-37-119-39-33-116-27-21-96-48-54(92-94-96)42-57-45-60(102)76(110)63(51-99)122-57)16-13-67(106)89-20-26-115-32-38-120-40-34-117-28-22-97-49-55(93-95-97)43-58-46-61(103)77(111)64(52-100)123-58/h47-49,56-64,75-77,98-103,109-111H,1-46,50-52,85H2,(H,87,104)(H,88,105)(H,89,106)(H,90,107)/t56-,57-,58-,59+,60+,61+,62+,63+,64+,75+,76+,77+/m0/s1. The van der Waals surface area contributed by atoms with Gasteiger partial charge >= 0.3 is 5.97 Å². The number of halogens is 5. The SMILES string of the molecule is NN=C(C=NCCOCCOCCOCCNC(=O)CCC(CCC(=O)NCCOCCOCCOCCn1cc(C[C@H]2C[C@@H](O)[C@@H](O)[C@@H](CO)O2)nn1)(CCC(=O)NCCOCCOCCOCCn1cc(C[C@H]2C[C@@H](O)[C@@H](O)[C@@H](CO)O2)nn1)NC(=O)CCCCCCCCCCC(=O)Oc1c(F)c(F)c(F)c(F)c1F)C[C@H]1C[C@@H](O)[C@@H](O)[C@@H](CO)O1. The summed E-state index contributed by atoms with van der Waals surface area (Å²) in [6.07, 6.45) is -0.570. The van der Waals surface area contributed by atoms with Gasteiger partial charge in [-0.1, -0.05) is 49.0 Å². The number of nitrogens with zero attached hydrogens (tertiary/aromatic N) is 8. The van der Waals surface area contributed by atoms with E-state index in [1.165, 1.54) is 6.21 Å². The third-order valence-corrected chi connectivity index (χ3v) is 20.4. The largest absolute Gasteiger partial charge is 0.420 e. The van der Waals surface area contributed by atoms with Gasteiger partial charge in [0.05, 0.1) is 212 Å². The molecule has 0 bridgehead atoms. The Bertz CT molecular complexity index is 3430. The number of esters is 1. The molecule has 0 spiro atoms. The number of hydrogen-bond acceptors (Lipinski definition) is 34. The Morgan fingerprint density at radius 3 is 1.20 bits per heavy atom. The van der Waals surface area contributed by atoms with Gasteiger partial charge in [-0.3, -0.25) is 29.0 Å². The van der Waals surface area contributed by atoms with Gasteiger partial charge in [-0.25, -0.2) is 22.5 Å². The highest BCUT2D eigenvalue weighted by Gasteiger charge is 2.40. The molecular weight excluding hydrogens is 1660 g/mol. The van der Waals surface area contributed by atoms with Crippen molar-refractivity contribution in [1.29, 1.82) is 0 Å². The Morgan fingerprint density at radius 1 is 0.460 bits per heavy atom. The fraction of sp³-hybridized carbons (Fsp3) is 0.785. The summed E-state index contributed by atoms with van der Waals surface area (Å²) in [7, 11) is 0. The number of benzene rings is 1. The summed E-state index contributed by atoms with van der Waals surface area (Å²) in [5.74, 6) is -10.2. The summed E-state index contributed by atoms with van der Waals surface area (Å²) in [6.45, 7) is 4.29. The van der Waals surface area contributed by atoms with Gasteiger partial charge in [0, 0.05) is 114 Å². The lowest BCUT2D eigenvalue weighted by atomic mass is 9.82. The minimum Gasteiger partial charge on any atom is -0.420 e. The average molecular weight is 1790 g/mol. The van der Waals surface area contributed by atoms with Crippen LogP contribution in [0.15, 0.2) is 22.5 Å². The molecule has 12 atom stereocenters. The monoisotopic (exact) mass is 1790 g/mol. The predicted octanol–water partition coefficient (Wildman–Crippen LogP) is -1.06. The normalized spacial score (nSPS) is 21.3. The topological polar surface area (TPSA) is 548 Å². The highest BCUT2D eigenvalue weighted by atomic mass is 19.2. The van der Waals surface area contributed by atoms with Crippen molar-refractivity contribution >= 4 is 41.5 Å². The number of carbonyl (C=O) groups is 5. The number of aromatic nitrogens is 6. The van der Waals surface area contributed by atoms with Gasteiger partial charge in [0.2, 0.25) is 58.5 Å². The molecule has 4 amide bonds. The first-order valence-corrected chi connectivity index (χ1v) is 42.4. The molecule has 3 saturated heterocycles. The molecule has 3 aliphatic heterocycles. The quantitative estimate of drug-likeness (QED) is 0.00369. The van der Waals surface area contributed by atoms with Gasteiger partial charge in [-0.05, 0) is 32.1 Å². The van der Waals surface area contributed by atoms with Crippen molar-refractivity contribution in [2.75, 3.05) is 165 Å². The maximum Gasteiger partial charge on any atom is 0.311 e. The Kier molecular flexibility index (Phi) is 52.2. The molecule has 3 fully saturated rings. The van der Waals surface area contributed by atoms with Crippen molar-refractivity contribution in [1.82, 2.24) is 51.3 Å². The van der Waals surface area contributed by atoms with Gasteiger partial charge < -0.3 is 135 Å². The van der Waals surface area contributed by atoms with E-state index in [4.69, 9.17) is 62.7 Å². The molecule has 0 unspecified atom stereocenters. The molecule has 6 rings (SSSR count). The van der Waals surface area contributed by atoms with E-state index < -0.39 is 145 Å².